The van der Waals surface area contributed by atoms with E-state index in [2.05, 4.69) is 4.42 Å². The highest BCUT2D eigenvalue weighted by atomic mass is 19.4. The first-order chi connectivity index (χ1) is 9.04. The molecule has 0 bridgehead atoms. The molecule has 0 spiro atoms. The molecule has 0 radical (unpaired) electrons. The Bertz CT molecular complexity index is 441. The number of halogens is 7. The minimum atomic E-state index is -5.20. The van der Waals surface area contributed by atoms with Gasteiger partial charge in [-0.15, -0.1) is 0 Å². The Balaban J connectivity index is 2.95. The largest absolute Gasteiger partial charge is 0.467 e. The zero-order valence-corrected chi connectivity index (χ0v) is 9.63. The fourth-order valence-corrected chi connectivity index (χ4v) is 1.31. The Morgan fingerprint density at radius 1 is 1.25 bits per heavy atom. The first kappa shape index (κ1) is 16.3. The number of hydrogen-bond donors (Lipinski definition) is 0. The first-order valence-electron chi connectivity index (χ1n) is 5.08. The molecule has 3 nitrogen and oxygen atoms in total. The minimum Gasteiger partial charge on any atom is -0.467 e. The van der Waals surface area contributed by atoms with Gasteiger partial charge in [-0.05, 0) is 12.1 Å². The molecule has 0 aromatic carbocycles. The van der Waals surface area contributed by atoms with Crippen LogP contribution in [0.25, 0.3) is 0 Å². The molecule has 0 N–H and O–H groups in total. The highest BCUT2D eigenvalue weighted by molar-refractivity contribution is 5.84. The van der Waals surface area contributed by atoms with E-state index in [1.807, 2.05) is 0 Å². The summed E-state index contributed by atoms with van der Waals surface area (Å²) in [5.74, 6) is -8.05. The summed E-state index contributed by atoms with van der Waals surface area (Å²) in [4.78, 5) is 10.7. The van der Waals surface area contributed by atoms with Crippen molar-refractivity contribution in [1.82, 2.24) is 4.90 Å². The number of nitrogens with zero attached hydrogens (tertiary/aromatic N) is 1. The monoisotopic (exact) mass is 307 g/mol. The minimum absolute atomic E-state index is 0.243. The van der Waals surface area contributed by atoms with E-state index in [-0.39, 0.29) is 5.76 Å². The zero-order chi connectivity index (χ0) is 15.6. The molecular formula is C10H8F7NO2. The smallest absolute Gasteiger partial charge is 0.406 e. The summed E-state index contributed by atoms with van der Waals surface area (Å²) in [6, 6.07) is 2.37. The Hall–Kier alpha value is -1.74. The molecule has 0 aliphatic heterocycles. The van der Waals surface area contributed by atoms with Crippen LogP contribution in [-0.2, 0) is 11.3 Å². The van der Waals surface area contributed by atoms with Gasteiger partial charge in [0.25, 0.3) is 5.91 Å². The van der Waals surface area contributed by atoms with Crippen molar-refractivity contribution < 1.29 is 39.9 Å². The molecule has 0 saturated heterocycles. The maximum Gasteiger partial charge on any atom is 0.406 e. The average molecular weight is 307 g/mol. The first-order valence-corrected chi connectivity index (χ1v) is 5.08. The third-order valence-corrected chi connectivity index (χ3v) is 2.14. The number of amides is 1. The average Bonchev–Trinajstić information content (AvgIpc) is 2.77. The lowest BCUT2D eigenvalue weighted by Gasteiger charge is -2.26. The lowest BCUT2D eigenvalue weighted by Crippen LogP contribution is -2.50. The quantitative estimate of drug-likeness (QED) is 0.783. The lowest BCUT2D eigenvalue weighted by molar-refractivity contribution is -0.195. The van der Waals surface area contributed by atoms with Gasteiger partial charge in [-0.3, -0.25) is 4.79 Å². The fraction of sp³-hybridized carbons (Fsp3) is 0.500. The van der Waals surface area contributed by atoms with Gasteiger partial charge in [0, 0.05) is 0 Å². The summed E-state index contributed by atoms with van der Waals surface area (Å²) in [7, 11) is 0. The molecule has 20 heavy (non-hydrogen) atoms. The van der Waals surface area contributed by atoms with Gasteiger partial charge in [-0.2, -0.15) is 22.0 Å². The predicted molar refractivity (Wildman–Crippen MR) is 51.1 cm³/mol. The highest BCUT2D eigenvalue weighted by Crippen LogP contribution is 2.28. The molecular weight excluding hydrogens is 299 g/mol. The summed E-state index contributed by atoms with van der Waals surface area (Å²) in [6.45, 7) is -3.08. The van der Waals surface area contributed by atoms with E-state index in [1.54, 1.807) is 0 Å². The van der Waals surface area contributed by atoms with Crippen molar-refractivity contribution in [3.05, 3.63) is 24.2 Å². The van der Waals surface area contributed by atoms with Gasteiger partial charge in [0.05, 0.1) is 12.8 Å². The summed E-state index contributed by atoms with van der Waals surface area (Å²) in [6.07, 6.45) is -8.38. The van der Waals surface area contributed by atoms with Crippen LogP contribution in [-0.4, -0.2) is 35.9 Å². The predicted octanol–water partition coefficient (Wildman–Crippen LogP) is 3.07. The van der Waals surface area contributed by atoms with Crippen LogP contribution in [0.2, 0.25) is 0 Å². The molecule has 1 aromatic rings. The van der Waals surface area contributed by atoms with Crippen molar-refractivity contribution in [3.8, 4) is 0 Å². The molecule has 10 heteroatoms. The molecule has 0 aliphatic rings. The van der Waals surface area contributed by atoms with Gasteiger partial charge in [0.15, 0.2) is 0 Å². The number of carbonyl (C=O) groups excluding carboxylic acids is 1. The summed E-state index contributed by atoms with van der Waals surface area (Å²) >= 11 is 0. The molecule has 0 saturated carbocycles. The van der Waals surface area contributed by atoms with E-state index in [0.29, 0.717) is 0 Å². The van der Waals surface area contributed by atoms with E-state index in [4.69, 9.17) is 0 Å². The van der Waals surface area contributed by atoms with Gasteiger partial charge in [-0.1, -0.05) is 0 Å². The number of furan rings is 1. The third-order valence-electron chi connectivity index (χ3n) is 2.14. The summed E-state index contributed by atoms with van der Waals surface area (Å²) in [5.41, 5.74) is 0. The number of alkyl halides is 7. The SMILES string of the molecule is O=C(N(Cc1ccco1)CC(F)(F)F)C(F)(F)C(F)F. The number of hydrogen-bond acceptors (Lipinski definition) is 2. The van der Waals surface area contributed by atoms with Crippen LogP contribution in [0.1, 0.15) is 5.76 Å². The summed E-state index contributed by atoms with van der Waals surface area (Å²) in [5, 5.41) is 0. The molecule has 1 rings (SSSR count). The van der Waals surface area contributed by atoms with Crippen molar-refractivity contribution in [1.29, 1.82) is 0 Å². The zero-order valence-electron chi connectivity index (χ0n) is 9.63. The highest BCUT2D eigenvalue weighted by Gasteiger charge is 2.52. The molecule has 1 amide bonds. The van der Waals surface area contributed by atoms with Crippen LogP contribution in [0.15, 0.2) is 22.8 Å². The molecule has 0 aliphatic carbocycles. The van der Waals surface area contributed by atoms with Crippen LogP contribution in [0.5, 0.6) is 0 Å². The van der Waals surface area contributed by atoms with Gasteiger partial charge < -0.3 is 9.32 Å². The molecule has 1 aromatic heterocycles. The van der Waals surface area contributed by atoms with Crippen molar-refractivity contribution in [2.75, 3.05) is 6.54 Å². The van der Waals surface area contributed by atoms with Crippen LogP contribution >= 0.6 is 0 Å². The molecule has 1 heterocycles. The Morgan fingerprint density at radius 2 is 1.85 bits per heavy atom. The maximum atomic E-state index is 12.9. The normalized spacial score (nSPS) is 12.8. The fourth-order valence-electron chi connectivity index (χ4n) is 1.31. The number of rotatable bonds is 5. The van der Waals surface area contributed by atoms with Gasteiger partial charge in [-0.25, -0.2) is 8.78 Å². The van der Waals surface area contributed by atoms with Crippen molar-refractivity contribution >= 4 is 5.91 Å². The lowest BCUT2D eigenvalue weighted by atomic mass is 10.2. The molecule has 0 fully saturated rings. The molecule has 0 unspecified atom stereocenters. The Kier molecular flexibility index (Phi) is 4.66. The second-order valence-electron chi connectivity index (χ2n) is 3.78. The van der Waals surface area contributed by atoms with Crippen molar-refractivity contribution in [3.63, 3.8) is 0 Å². The van der Waals surface area contributed by atoms with Crippen molar-refractivity contribution in [2.45, 2.75) is 25.1 Å². The van der Waals surface area contributed by atoms with E-state index in [0.717, 1.165) is 12.3 Å². The van der Waals surface area contributed by atoms with Gasteiger partial charge >= 0.3 is 18.5 Å². The second kappa shape index (κ2) is 5.71. The molecule has 114 valence electrons. The van der Waals surface area contributed by atoms with Gasteiger partial charge in [0.2, 0.25) is 0 Å². The second-order valence-corrected chi connectivity index (χ2v) is 3.78. The van der Waals surface area contributed by atoms with E-state index >= 15 is 0 Å². The van der Waals surface area contributed by atoms with E-state index in [9.17, 15) is 35.5 Å². The van der Waals surface area contributed by atoms with Crippen molar-refractivity contribution in [2.24, 2.45) is 0 Å². The Morgan fingerprint density at radius 3 is 2.25 bits per heavy atom. The van der Waals surface area contributed by atoms with Gasteiger partial charge in [0.1, 0.15) is 12.3 Å². The van der Waals surface area contributed by atoms with Crippen LogP contribution in [0, 0.1) is 0 Å². The number of carbonyl (C=O) groups is 1. The standard InChI is InChI=1S/C10H8F7NO2/c11-7(12)10(16,17)8(19)18(5-9(13,14)15)4-6-2-1-3-20-6/h1-3,7H,4-5H2. The topological polar surface area (TPSA) is 33.5 Å². The van der Waals surface area contributed by atoms with Crippen LogP contribution < -0.4 is 0 Å². The van der Waals surface area contributed by atoms with E-state index in [1.165, 1.54) is 6.07 Å². The van der Waals surface area contributed by atoms with E-state index < -0.39 is 42.4 Å². The molecule has 0 atom stereocenters. The summed E-state index contributed by atoms with van der Waals surface area (Å²) < 4.78 is 91.1. The third kappa shape index (κ3) is 4.14. The van der Waals surface area contributed by atoms with Crippen LogP contribution in [0.3, 0.4) is 0 Å². The van der Waals surface area contributed by atoms with Crippen LogP contribution in [0.4, 0.5) is 30.7 Å². The Labute approximate surface area is 107 Å². The maximum absolute atomic E-state index is 12.9.